The minimum Gasteiger partial charge on any atom is -0.496 e. The first-order valence-electron chi connectivity index (χ1n) is 5.93. The fraction of sp³-hybridized carbons (Fsp3) is 0.125. The summed E-state index contributed by atoms with van der Waals surface area (Å²) < 4.78 is 19.3. The van der Waals surface area contributed by atoms with Crippen molar-refractivity contribution in [2.24, 2.45) is 0 Å². The molecule has 0 radical (unpaired) electrons. The van der Waals surface area contributed by atoms with Crippen molar-refractivity contribution in [1.82, 2.24) is 0 Å². The Bertz CT molecular complexity index is 620. The maximum absolute atomic E-state index is 14.0. The van der Waals surface area contributed by atoms with Gasteiger partial charge in [0.05, 0.1) is 12.1 Å². The van der Waals surface area contributed by atoms with Crippen molar-refractivity contribution >= 4 is 17.7 Å². The summed E-state index contributed by atoms with van der Waals surface area (Å²) in [6.45, 7) is 1.85. The van der Waals surface area contributed by atoms with E-state index in [1.165, 1.54) is 6.07 Å². The van der Waals surface area contributed by atoms with Gasteiger partial charge in [-0.1, -0.05) is 42.0 Å². The molecule has 0 heterocycles. The number of allylic oxidation sites excluding steroid dienone is 1. The lowest BCUT2D eigenvalue weighted by Crippen LogP contribution is -1.93. The number of ether oxygens (including phenoxy) is 1. The Morgan fingerprint density at radius 2 is 1.89 bits per heavy atom. The van der Waals surface area contributed by atoms with E-state index >= 15 is 0 Å². The van der Waals surface area contributed by atoms with Gasteiger partial charge in [-0.3, -0.25) is 0 Å². The molecule has 0 bridgehead atoms. The van der Waals surface area contributed by atoms with Crippen molar-refractivity contribution in [3.05, 3.63) is 58.9 Å². The predicted molar refractivity (Wildman–Crippen MR) is 78.1 cm³/mol. The third-order valence-corrected chi connectivity index (χ3v) is 3.17. The molecule has 2 aromatic rings. The van der Waals surface area contributed by atoms with Crippen LogP contribution in [0, 0.1) is 5.82 Å². The van der Waals surface area contributed by atoms with E-state index in [2.05, 4.69) is 0 Å². The topological polar surface area (TPSA) is 9.23 Å². The summed E-state index contributed by atoms with van der Waals surface area (Å²) in [5, 5.41) is 0.538. The average Bonchev–Trinajstić information content (AvgIpc) is 2.41. The lowest BCUT2D eigenvalue weighted by Gasteiger charge is -2.13. The van der Waals surface area contributed by atoms with Crippen LogP contribution < -0.4 is 4.74 Å². The van der Waals surface area contributed by atoms with E-state index in [9.17, 15) is 4.39 Å². The van der Waals surface area contributed by atoms with Gasteiger partial charge in [-0.05, 0) is 30.7 Å². The molecule has 0 saturated carbocycles. The molecule has 0 aliphatic carbocycles. The van der Waals surface area contributed by atoms with E-state index in [0.29, 0.717) is 21.9 Å². The van der Waals surface area contributed by atoms with E-state index in [-0.39, 0.29) is 5.82 Å². The number of hydrogen-bond donors (Lipinski definition) is 0. The van der Waals surface area contributed by atoms with Crippen LogP contribution in [-0.4, -0.2) is 7.11 Å². The highest BCUT2D eigenvalue weighted by Gasteiger charge is 2.15. The highest BCUT2D eigenvalue weighted by Crippen LogP contribution is 2.39. The summed E-state index contributed by atoms with van der Waals surface area (Å²) in [4.78, 5) is 0. The van der Waals surface area contributed by atoms with Gasteiger partial charge in [-0.15, -0.1) is 0 Å². The van der Waals surface area contributed by atoms with Crippen molar-refractivity contribution in [2.45, 2.75) is 6.92 Å². The molecule has 0 N–H and O–H groups in total. The quantitative estimate of drug-likeness (QED) is 0.750. The molecule has 19 heavy (non-hydrogen) atoms. The standard InChI is InChI=1S/C16H14ClFO/c1-3-6-11-12(7-4-9-14(11)18)16-13(17)8-5-10-15(16)19-2/h3-10H,1-2H3/b6-3+. The van der Waals surface area contributed by atoms with Crippen LogP contribution in [0.15, 0.2) is 42.5 Å². The van der Waals surface area contributed by atoms with Crippen molar-refractivity contribution < 1.29 is 9.13 Å². The van der Waals surface area contributed by atoms with Crippen molar-refractivity contribution in [1.29, 1.82) is 0 Å². The smallest absolute Gasteiger partial charge is 0.131 e. The van der Waals surface area contributed by atoms with E-state index < -0.39 is 0 Å². The van der Waals surface area contributed by atoms with Gasteiger partial charge >= 0.3 is 0 Å². The van der Waals surface area contributed by atoms with E-state index in [4.69, 9.17) is 16.3 Å². The maximum Gasteiger partial charge on any atom is 0.131 e. The fourth-order valence-electron chi connectivity index (χ4n) is 2.03. The average molecular weight is 277 g/mol. The van der Waals surface area contributed by atoms with Gasteiger partial charge < -0.3 is 4.74 Å². The van der Waals surface area contributed by atoms with Gasteiger partial charge in [0.2, 0.25) is 0 Å². The lowest BCUT2D eigenvalue weighted by atomic mass is 9.98. The molecule has 0 aliphatic heterocycles. The van der Waals surface area contributed by atoms with E-state index in [0.717, 1.165) is 5.56 Å². The van der Waals surface area contributed by atoms with E-state index in [1.807, 2.05) is 19.1 Å². The molecule has 0 fully saturated rings. The zero-order valence-corrected chi connectivity index (χ0v) is 11.5. The first kappa shape index (κ1) is 13.6. The van der Waals surface area contributed by atoms with Gasteiger partial charge in [-0.25, -0.2) is 4.39 Å². The molecular weight excluding hydrogens is 263 g/mol. The van der Waals surface area contributed by atoms with Gasteiger partial charge in [0, 0.05) is 11.1 Å². The van der Waals surface area contributed by atoms with Gasteiger partial charge in [0.1, 0.15) is 11.6 Å². The summed E-state index contributed by atoms with van der Waals surface area (Å²) in [5.41, 5.74) is 1.94. The fourth-order valence-corrected chi connectivity index (χ4v) is 2.29. The molecule has 0 spiro atoms. The minimum atomic E-state index is -0.280. The second kappa shape index (κ2) is 5.89. The third-order valence-electron chi connectivity index (χ3n) is 2.85. The Kier molecular flexibility index (Phi) is 4.23. The Hall–Kier alpha value is -1.80. The van der Waals surface area contributed by atoms with Crippen LogP contribution in [0.4, 0.5) is 4.39 Å². The molecule has 1 nitrogen and oxygen atoms in total. The second-order valence-corrected chi connectivity index (χ2v) is 4.43. The van der Waals surface area contributed by atoms with Crippen LogP contribution in [0.5, 0.6) is 5.75 Å². The van der Waals surface area contributed by atoms with Crippen molar-refractivity contribution in [3.63, 3.8) is 0 Å². The molecule has 0 atom stereocenters. The maximum atomic E-state index is 14.0. The van der Waals surface area contributed by atoms with Gasteiger partial charge in [-0.2, -0.15) is 0 Å². The Morgan fingerprint density at radius 3 is 2.58 bits per heavy atom. The number of hydrogen-bond acceptors (Lipinski definition) is 1. The normalized spacial score (nSPS) is 10.9. The lowest BCUT2D eigenvalue weighted by molar-refractivity contribution is 0.416. The number of halogens is 2. The van der Waals surface area contributed by atoms with Gasteiger partial charge in [0.25, 0.3) is 0 Å². The summed E-state index contributed by atoms with van der Waals surface area (Å²) >= 11 is 6.24. The summed E-state index contributed by atoms with van der Waals surface area (Å²) in [6.07, 6.45) is 3.53. The van der Waals surface area contributed by atoms with Crippen LogP contribution in [-0.2, 0) is 0 Å². The molecule has 98 valence electrons. The highest BCUT2D eigenvalue weighted by molar-refractivity contribution is 6.33. The third kappa shape index (κ3) is 2.64. The SMILES string of the molecule is C/C=C/c1c(F)cccc1-c1c(Cl)cccc1OC. The molecule has 0 saturated heterocycles. The molecule has 3 heteroatoms. The Balaban J connectivity index is 2.76. The summed E-state index contributed by atoms with van der Waals surface area (Å²) in [7, 11) is 1.57. The Labute approximate surface area is 117 Å². The van der Waals surface area contributed by atoms with Gasteiger partial charge in [0.15, 0.2) is 0 Å². The van der Waals surface area contributed by atoms with Crippen LogP contribution in [0.1, 0.15) is 12.5 Å². The molecule has 0 aromatic heterocycles. The first-order valence-corrected chi connectivity index (χ1v) is 6.31. The van der Waals surface area contributed by atoms with Crippen LogP contribution >= 0.6 is 11.6 Å². The second-order valence-electron chi connectivity index (χ2n) is 4.02. The molecule has 0 unspecified atom stereocenters. The van der Waals surface area contributed by atoms with Crippen LogP contribution in [0.3, 0.4) is 0 Å². The predicted octanol–water partition coefficient (Wildman–Crippen LogP) is 5.19. The number of rotatable bonds is 3. The minimum absolute atomic E-state index is 0.280. The number of benzene rings is 2. The van der Waals surface area contributed by atoms with Crippen molar-refractivity contribution in [3.8, 4) is 16.9 Å². The zero-order valence-electron chi connectivity index (χ0n) is 10.8. The van der Waals surface area contributed by atoms with Crippen LogP contribution in [0.2, 0.25) is 5.02 Å². The number of methoxy groups -OCH3 is 1. The molecular formula is C16H14ClFO. The monoisotopic (exact) mass is 276 g/mol. The Morgan fingerprint density at radius 1 is 1.16 bits per heavy atom. The first-order chi connectivity index (χ1) is 9.19. The summed E-state index contributed by atoms with van der Waals surface area (Å²) in [6, 6.07) is 10.3. The highest BCUT2D eigenvalue weighted by atomic mass is 35.5. The van der Waals surface area contributed by atoms with E-state index in [1.54, 1.807) is 37.5 Å². The summed E-state index contributed by atoms with van der Waals surface area (Å²) in [5.74, 6) is 0.349. The van der Waals surface area contributed by atoms with Crippen LogP contribution in [0.25, 0.3) is 17.2 Å². The molecule has 2 aromatic carbocycles. The largest absolute Gasteiger partial charge is 0.496 e. The zero-order chi connectivity index (χ0) is 13.8. The molecule has 0 amide bonds. The molecule has 2 rings (SSSR count). The molecule has 0 aliphatic rings. The van der Waals surface area contributed by atoms with Crippen molar-refractivity contribution in [2.75, 3.05) is 7.11 Å².